The second-order valence-corrected chi connectivity index (χ2v) is 6.22. The molecule has 2 rings (SSSR count). The molecule has 112 valence electrons. The van der Waals surface area contributed by atoms with Crippen LogP contribution in [-0.4, -0.2) is 34.1 Å². The molecule has 1 fully saturated rings. The number of carbonyl (C=O) groups excluding carboxylic acids is 2. The smallest absolute Gasteiger partial charge is 0.325 e. The molecule has 1 atom stereocenters. The van der Waals surface area contributed by atoms with Gasteiger partial charge < -0.3 is 10.4 Å². The topological polar surface area (TPSA) is 69.6 Å². The van der Waals surface area contributed by atoms with Crippen LogP contribution >= 0.6 is 11.3 Å². The average molecular weight is 306 g/mol. The molecule has 2 heterocycles. The summed E-state index contributed by atoms with van der Waals surface area (Å²) in [6, 6.07) is 3.39. The lowest BCUT2D eigenvalue weighted by Gasteiger charge is -2.18. The van der Waals surface area contributed by atoms with Crippen molar-refractivity contribution in [3.8, 4) is 11.8 Å². The van der Waals surface area contributed by atoms with Gasteiger partial charge in [-0.25, -0.2) is 4.79 Å². The molecule has 5 nitrogen and oxygen atoms in total. The Labute approximate surface area is 128 Å². The lowest BCUT2D eigenvalue weighted by molar-refractivity contribution is -0.131. The Bertz CT molecular complexity index is 614. The summed E-state index contributed by atoms with van der Waals surface area (Å²) < 4.78 is 0. The number of hydrogen-bond donors (Lipinski definition) is 2. The number of imide groups is 1. The molecular formula is C15H18N2O3S. The molecule has 1 aromatic rings. The van der Waals surface area contributed by atoms with Crippen LogP contribution in [0.15, 0.2) is 12.1 Å². The molecular weight excluding hydrogens is 288 g/mol. The Hall–Kier alpha value is -1.84. The molecule has 0 aromatic carbocycles. The van der Waals surface area contributed by atoms with Crippen LogP contribution in [0.4, 0.5) is 4.79 Å². The third-order valence-corrected chi connectivity index (χ3v) is 4.46. The van der Waals surface area contributed by atoms with Crippen molar-refractivity contribution in [2.24, 2.45) is 0 Å². The van der Waals surface area contributed by atoms with Crippen molar-refractivity contribution in [3.63, 3.8) is 0 Å². The number of carbonyl (C=O) groups is 2. The monoisotopic (exact) mass is 306 g/mol. The van der Waals surface area contributed by atoms with Gasteiger partial charge in [0.1, 0.15) is 5.54 Å². The second kappa shape index (κ2) is 6.29. The van der Waals surface area contributed by atoms with Crippen molar-refractivity contribution in [1.82, 2.24) is 10.2 Å². The summed E-state index contributed by atoms with van der Waals surface area (Å²) in [5.74, 6) is 5.61. The van der Waals surface area contributed by atoms with Gasteiger partial charge in [-0.05, 0) is 25.5 Å². The van der Waals surface area contributed by atoms with Gasteiger partial charge >= 0.3 is 6.03 Å². The molecule has 6 heteroatoms. The van der Waals surface area contributed by atoms with E-state index in [0.717, 1.165) is 9.75 Å². The maximum atomic E-state index is 12.3. The first-order chi connectivity index (χ1) is 10.00. The maximum absolute atomic E-state index is 12.3. The number of nitrogens with one attached hydrogen (secondary N) is 1. The Morgan fingerprint density at radius 3 is 2.81 bits per heavy atom. The summed E-state index contributed by atoms with van der Waals surface area (Å²) in [6.45, 7) is 3.94. The largest absolute Gasteiger partial charge is 0.395 e. The third-order valence-electron chi connectivity index (χ3n) is 3.48. The fourth-order valence-electron chi connectivity index (χ4n) is 2.02. The molecule has 3 amide bonds. The average Bonchev–Trinajstić information content (AvgIpc) is 2.99. The summed E-state index contributed by atoms with van der Waals surface area (Å²) in [5, 5.41) is 11.4. The number of nitrogens with zero attached hydrogens (tertiary/aromatic N) is 1. The maximum Gasteiger partial charge on any atom is 0.325 e. The molecule has 1 aliphatic rings. The van der Waals surface area contributed by atoms with E-state index in [4.69, 9.17) is 5.11 Å². The zero-order valence-electron chi connectivity index (χ0n) is 12.1. The van der Waals surface area contributed by atoms with Gasteiger partial charge in [-0.15, -0.1) is 11.3 Å². The molecule has 0 radical (unpaired) electrons. The standard InChI is InChI=1S/C15H18N2O3S/c1-3-15(2)13(19)17(14(20)16-15)10-12-8-7-11(21-12)6-4-5-9-18/h7-8,18H,3,5,9-10H2,1-2H3,(H,16,20). The number of amides is 3. The second-order valence-electron chi connectivity index (χ2n) is 5.05. The quantitative estimate of drug-likeness (QED) is 0.657. The number of aliphatic hydroxyl groups is 1. The van der Waals surface area contributed by atoms with Crippen LogP contribution in [0.1, 0.15) is 36.4 Å². The van der Waals surface area contributed by atoms with Crippen LogP contribution in [0, 0.1) is 11.8 Å². The van der Waals surface area contributed by atoms with E-state index in [1.807, 2.05) is 19.1 Å². The van der Waals surface area contributed by atoms with Crippen LogP contribution < -0.4 is 5.32 Å². The first kappa shape index (κ1) is 15.5. The highest BCUT2D eigenvalue weighted by molar-refractivity contribution is 7.12. The van der Waals surface area contributed by atoms with Gasteiger partial charge in [0.15, 0.2) is 0 Å². The van der Waals surface area contributed by atoms with Crippen molar-refractivity contribution in [2.45, 2.75) is 38.8 Å². The molecule has 0 aliphatic carbocycles. The summed E-state index contributed by atoms with van der Waals surface area (Å²) in [6.07, 6.45) is 1.01. The number of thiophene rings is 1. The summed E-state index contributed by atoms with van der Waals surface area (Å²) in [4.78, 5) is 27.2. The van der Waals surface area contributed by atoms with Crippen molar-refractivity contribution in [3.05, 3.63) is 21.9 Å². The normalized spacial score (nSPS) is 21.2. The third kappa shape index (κ3) is 3.26. The Kier molecular flexibility index (Phi) is 4.66. The highest BCUT2D eigenvalue weighted by Crippen LogP contribution is 2.25. The minimum Gasteiger partial charge on any atom is -0.395 e. The summed E-state index contributed by atoms with van der Waals surface area (Å²) in [5.41, 5.74) is -0.794. The molecule has 0 spiro atoms. The zero-order chi connectivity index (χ0) is 15.5. The van der Waals surface area contributed by atoms with Gasteiger partial charge in [0, 0.05) is 11.3 Å². The Morgan fingerprint density at radius 1 is 1.43 bits per heavy atom. The molecule has 1 aromatic heterocycles. The Morgan fingerprint density at radius 2 is 2.19 bits per heavy atom. The highest BCUT2D eigenvalue weighted by Gasteiger charge is 2.46. The molecule has 1 saturated heterocycles. The van der Waals surface area contributed by atoms with E-state index < -0.39 is 5.54 Å². The Balaban J connectivity index is 2.08. The van der Waals surface area contributed by atoms with Crippen LogP contribution in [0.2, 0.25) is 0 Å². The van der Waals surface area contributed by atoms with Gasteiger partial charge in [-0.1, -0.05) is 18.8 Å². The first-order valence-electron chi connectivity index (χ1n) is 6.82. The van der Waals surface area contributed by atoms with E-state index in [0.29, 0.717) is 12.8 Å². The van der Waals surface area contributed by atoms with Gasteiger partial charge in [0.25, 0.3) is 5.91 Å². The molecule has 0 saturated carbocycles. The van der Waals surface area contributed by atoms with Crippen LogP contribution in [0.25, 0.3) is 0 Å². The minimum atomic E-state index is -0.794. The van der Waals surface area contributed by atoms with Crippen molar-refractivity contribution >= 4 is 23.3 Å². The number of aliphatic hydroxyl groups excluding tert-OH is 1. The SMILES string of the molecule is CCC1(C)NC(=O)N(Cc2ccc(C#CCCO)s2)C1=O. The van der Waals surface area contributed by atoms with E-state index in [-0.39, 0.29) is 25.1 Å². The fraction of sp³-hybridized carbons (Fsp3) is 0.467. The van der Waals surface area contributed by atoms with Gasteiger partial charge in [0.2, 0.25) is 0 Å². The van der Waals surface area contributed by atoms with Gasteiger partial charge in [0.05, 0.1) is 18.0 Å². The van der Waals surface area contributed by atoms with Crippen molar-refractivity contribution in [2.75, 3.05) is 6.61 Å². The van der Waals surface area contributed by atoms with E-state index in [2.05, 4.69) is 17.2 Å². The predicted molar refractivity (Wildman–Crippen MR) is 80.7 cm³/mol. The highest BCUT2D eigenvalue weighted by atomic mass is 32.1. The molecule has 0 bridgehead atoms. The number of hydrogen-bond acceptors (Lipinski definition) is 4. The fourth-order valence-corrected chi connectivity index (χ4v) is 2.89. The van der Waals surface area contributed by atoms with Gasteiger partial charge in [-0.3, -0.25) is 9.69 Å². The lowest BCUT2D eigenvalue weighted by Crippen LogP contribution is -2.43. The van der Waals surface area contributed by atoms with E-state index in [1.54, 1.807) is 6.92 Å². The van der Waals surface area contributed by atoms with Crippen LogP contribution in [0.3, 0.4) is 0 Å². The minimum absolute atomic E-state index is 0.0449. The molecule has 2 N–H and O–H groups in total. The number of rotatable bonds is 4. The van der Waals surface area contributed by atoms with Crippen molar-refractivity contribution in [1.29, 1.82) is 0 Å². The predicted octanol–water partition coefficient (Wildman–Crippen LogP) is 1.70. The number of urea groups is 1. The van der Waals surface area contributed by atoms with Crippen LogP contribution in [0.5, 0.6) is 0 Å². The summed E-state index contributed by atoms with van der Waals surface area (Å²) in [7, 11) is 0. The summed E-state index contributed by atoms with van der Waals surface area (Å²) >= 11 is 1.45. The van der Waals surface area contributed by atoms with E-state index >= 15 is 0 Å². The van der Waals surface area contributed by atoms with Crippen LogP contribution in [-0.2, 0) is 11.3 Å². The first-order valence-corrected chi connectivity index (χ1v) is 7.64. The molecule has 1 unspecified atom stereocenters. The molecule has 21 heavy (non-hydrogen) atoms. The lowest BCUT2D eigenvalue weighted by atomic mass is 9.99. The zero-order valence-corrected chi connectivity index (χ0v) is 12.9. The van der Waals surface area contributed by atoms with E-state index in [9.17, 15) is 9.59 Å². The van der Waals surface area contributed by atoms with Gasteiger partial charge in [-0.2, -0.15) is 0 Å². The van der Waals surface area contributed by atoms with Crippen molar-refractivity contribution < 1.29 is 14.7 Å². The molecule has 1 aliphatic heterocycles. The van der Waals surface area contributed by atoms with E-state index in [1.165, 1.54) is 16.2 Å².